The Labute approximate surface area is 191 Å². The molecule has 2 heteroatoms. The van der Waals surface area contributed by atoms with Crippen molar-refractivity contribution in [3.63, 3.8) is 0 Å². The molecule has 7 aromatic rings. The number of hydrogen-bond donors (Lipinski definition) is 0. The summed E-state index contributed by atoms with van der Waals surface area (Å²) >= 11 is 0. The van der Waals surface area contributed by atoms with Crippen molar-refractivity contribution in [2.75, 3.05) is 0 Å². The van der Waals surface area contributed by atoms with Crippen molar-refractivity contribution in [3.8, 4) is 16.8 Å². The Hall–Kier alpha value is -4.30. The van der Waals surface area contributed by atoms with E-state index in [9.17, 15) is 0 Å². The second kappa shape index (κ2) is 6.85. The molecule has 2 heterocycles. The van der Waals surface area contributed by atoms with E-state index in [1.807, 2.05) is 0 Å². The highest BCUT2D eigenvalue weighted by molar-refractivity contribution is 6.19. The highest BCUT2D eigenvalue weighted by Gasteiger charge is 2.17. The van der Waals surface area contributed by atoms with Gasteiger partial charge in [-0.15, -0.1) is 0 Å². The molecule has 0 fully saturated rings. The maximum absolute atomic E-state index is 2.41. The first-order valence-electron chi connectivity index (χ1n) is 11.4. The van der Waals surface area contributed by atoms with Gasteiger partial charge >= 0.3 is 0 Å². The molecule has 2 aromatic heterocycles. The summed E-state index contributed by atoms with van der Waals surface area (Å²) in [6, 6.07) is 41.6. The average Bonchev–Trinajstić information content (AvgIpc) is 3.35. The van der Waals surface area contributed by atoms with E-state index in [1.165, 1.54) is 60.4 Å². The SMILES string of the molecule is Cn1c2ccccc2c2cc3c4ccc(-c5ccccc5)cc4n(-c4ccccc4)c3cc21. The van der Waals surface area contributed by atoms with Crippen LogP contribution >= 0.6 is 0 Å². The molecule has 0 aliphatic carbocycles. The lowest BCUT2D eigenvalue weighted by atomic mass is 10.0. The second-order valence-corrected chi connectivity index (χ2v) is 8.73. The van der Waals surface area contributed by atoms with Gasteiger partial charge in [0.25, 0.3) is 0 Å². The van der Waals surface area contributed by atoms with E-state index >= 15 is 0 Å². The molecule has 0 saturated heterocycles. The summed E-state index contributed by atoms with van der Waals surface area (Å²) in [7, 11) is 2.17. The molecule has 0 saturated carbocycles. The maximum Gasteiger partial charge on any atom is 0.0562 e. The number of aryl methyl sites for hydroxylation is 1. The molecule has 0 unspecified atom stereocenters. The highest BCUT2D eigenvalue weighted by Crippen LogP contribution is 2.39. The molecule has 156 valence electrons. The molecule has 0 aliphatic heterocycles. The van der Waals surface area contributed by atoms with Gasteiger partial charge in [-0.3, -0.25) is 0 Å². The van der Waals surface area contributed by atoms with E-state index in [1.54, 1.807) is 0 Å². The van der Waals surface area contributed by atoms with Crippen LogP contribution in [0.3, 0.4) is 0 Å². The lowest BCUT2D eigenvalue weighted by Crippen LogP contribution is -1.94. The summed E-state index contributed by atoms with van der Waals surface area (Å²) in [5, 5.41) is 5.18. The highest BCUT2D eigenvalue weighted by atomic mass is 15.0. The van der Waals surface area contributed by atoms with Crippen LogP contribution in [0.1, 0.15) is 0 Å². The number of hydrogen-bond acceptors (Lipinski definition) is 0. The van der Waals surface area contributed by atoms with Gasteiger partial charge in [0.15, 0.2) is 0 Å². The van der Waals surface area contributed by atoms with Crippen LogP contribution < -0.4 is 0 Å². The predicted molar refractivity (Wildman–Crippen MR) is 140 cm³/mol. The van der Waals surface area contributed by atoms with Gasteiger partial charge in [0.05, 0.1) is 16.6 Å². The minimum Gasteiger partial charge on any atom is -0.344 e. The Bertz CT molecular complexity index is 1800. The first kappa shape index (κ1) is 18.3. The van der Waals surface area contributed by atoms with Crippen LogP contribution in [0.4, 0.5) is 0 Å². The van der Waals surface area contributed by atoms with Crippen LogP contribution in [0.2, 0.25) is 0 Å². The maximum atomic E-state index is 2.41. The summed E-state index contributed by atoms with van der Waals surface area (Å²) in [4.78, 5) is 0. The third kappa shape index (κ3) is 2.61. The molecule has 0 spiro atoms. The van der Waals surface area contributed by atoms with E-state index in [0.29, 0.717) is 0 Å². The van der Waals surface area contributed by atoms with Gasteiger partial charge < -0.3 is 9.13 Å². The average molecular weight is 423 g/mol. The minimum atomic E-state index is 1.18. The fraction of sp³-hybridized carbons (Fsp3) is 0.0323. The van der Waals surface area contributed by atoms with E-state index in [-0.39, 0.29) is 0 Å². The predicted octanol–water partition coefficient (Wildman–Crippen LogP) is 8.10. The Morgan fingerprint density at radius 1 is 0.424 bits per heavy atom. The smallest absolute Gasteiger partial charge is 0.0562 e. The van der Waals surface area contributed by atoms with Gasteiger partial charge in [0.1, 0.15) is 0 Å². The van der Waals surface area contributed by atoms with Crippen LogP contribution in [0, 0.1) is 0 Å². The molecule has 33 heavy (non-hydrogen) atoms. The second-order valence-electron chi connectivity index (χ2n) is 8.73. The molecule has 7 rings (SSSR count). The van der Waals surface area contributed by atoms with Crippen LogP contribution in [-0.2, 0) is 7.05 Å². The summed E-state index contributed by atoms with van der Waals surface area (Å²) in [5.74, 6) is 0. The van der Waals surface area contributed by atoms with E-state index in [2.05, 4.69) is 131 Å². The third-order valence-electron chi connectivity index (χ3n) is 6.92. The van der Waals surface area contributed by atoms with E-state index < -0.39 is 0 Å². The van der Waals surface area contributed by atoms with Crippen molar-refractivity contribution < 1.29 is 0 Å². The molecule has 0 N–H and O–H groups in total. The number of fused-ring (bicyclic) bond motifs is 6. The summed E-state index contributed by atoms with van der Waals surface area (Å²) in [5.41, 5.74) is 8.64. The van der Waals surface area contributed by atoms with Gasteiger partial charge in [0.2, 0.25) is 0 Å². The van der Waals surface area contributed by atoms with E-state index in [0.717, 1.165) is 0 Å². The van der Waals surface area contributed by atoms with Gasteiger partial charge in [-0.1, -0.05) is 78.9 Å². The lowest BCUT2D eigenvalue weighted by Gasteiger charge is -2.09. The molecule has 0 bridgehead atoms. The fourth-order valence-electron chi connectivity index (χ4n) is 5.33. The fourth-order valence-corrected chi connectivity index (χ4v) is 5.33. The number of para-hydroxylation sites is 2. The van der Waals surface area contributed by atoms with E-state index in [4.69, 9.17) is 0 Å². The monoisotopic (exact) mass is 422 g/mol. The number of aromatic nitrogens is 2. The number of nitrogens with zero attached hydrogens (tertiary/aromatic N) is 2. The van der Waals surface area contributed by atoms with Gasteiger partial charge in [-0.05, 0) is 47.5 Å². The van der Waals surface area contributed by atoms with Crippen molar-refractivity contribution in [3.05, 3.63) is 115 Å². The van der Waals surface area contributed by atoms with Crippen molar-refractivity contribution in [2.45, 2.75) is 0 Å². The summed E-state index contributed by atoms with van der Waals surface area (Å²) < 4.78 is 4.72. The van der Waals surface area contributed by atoms with Gasteiger partial charge in [-0.25, -0.2) is 0 Å². The molecule has 2 nitrogen and oxygen atoms in total. The Morgan fingerprint density at radius 3 is 1.88 bits per heavy atom. The van der Waals surface area contributed by atoms with Crippen LogP contribution in [0.15, 0.2) is 115 Å². The first-order valence-corrected chi connectivity index (χ1v) is 11.4. The molecular weight excluding hydrogens is 400 g/mol. The quantitative estimate of drug-likeness (QED) is 0.266. The van der Waals surface area contributed by atoms with Crippen LogP contribution in [0.25, 0.3) is 60.4 Å². The summed E-state index contributed by atoms with van der Waals surface area (Å²) in [6.07, 6.45) is 0. The summed E-state index contributed by atoms with van der Waals surface area (Å²) in [6.45, 7) is 0. The zero-order chi connectivity index (χ0) is 21.9. The minimum absolute atomic E-state index is 1.18. The largest absolute Gasteiger partial charge is 0.344 e. The Morgan fingerprint density at radius 2 is 1.06 bits per heavy atom. The number of rotatable bonds is 2. The van der Waals surface area contributed by atoms with Crippen molar-refractivity contribution >= 4 is 43.6 Å². The van der Waals surface area contributed by atoms with Crippen molar-refractivity contribution in [1.29, 1.82) is 0 Å². The third-order valence-corrected chi connectivity index (χ3v) is 6.92. The topological polar surface area (TPSA) is 9.86 Å². The van der Waals surface area contributed by atoms with Crippen molar-refractivity contribution in [1.82, 2.24) is 9.13 Å². The molecule has 0 amide bonds. The normalized spacial score (nSPS) is 11.8. The molecule has 0 atom stereocenters. The first-order chi connectivity index (χ1) is 16.3. The van der Waals surface area contributed by atoms with Crippen molar-refractivity contribution in [2.24, 2.45) is 7.05 Å². The Balaban J connectivity index is 1.65. The van der Waals surface area contributed by atoms with Gasteiger partial charge in [0, 0.05) is 39.8 Å². The number of benzene rings is 5. The molecule has 0 aliphatic rings. The lowest BCUT2D eigenvalue weighted by molar-refractivity contribution is 1.01. The zero-order valence-electron chi connectivity index (χ0n) is 18.4. The van der Waals surface area contributed by atoms with Gasteiger partial charge in [-0.2, -0.15) is 0 Å². The standard InChI is InChI=1S/C31H22N2/c1-32-28-15-9-8-14-24(28)26-19-27-25-17-16-22(21-10-4-2-5-11-21)18-30(25)33(31(27)20-29(26)32)23-12-6-3-7-13-23/h2-20H,1H3. The van der Waals surface area contributed by atoms with Crippen LogP contribution in [-0.4, -0.2) is 9.13 Å². The van der Waals surface area contributed by atoms with Crippen LogP contribution in [0.5, 0.6) is 0 Å². The molecular formula is C31H22N2. The Kier molecular flexibility index (Phi) is 3.80. The molecule has 5 aromatic carbocycles. The zero-order valence-corrected chi connectivity index (χ0v) is 18.4. The molecule has 0 radical (unpaired) electrons.